The number of hydrogen-bond acceptors (Lipinski definition) is 10. The molecule has 0 spiro atoms. The van der Waals surface area contributed by atoms with Gasteiger partial charge in [0.15, 0.2) is 5.78 Å². The van der Waals surface area contributed by atoms with Crippen molar-refractivity contribution in [3.8, 4) is 0 Å². The van der Waals surface area contributed by atoms with Gasteiger partial charge in [-0.15, -0.1) is 0 Å². The van der Waals surface area contributed by atoms with Crippen molar-refractivity contribution >= 4 is 53.3 Å². The minimum atomic E-state index is -0.834. The molecule has 1 aromatic rings. The van der Waals surface area contributed by atoms with Crippen molar-refractivity contribution in [3.63, 3.8) is 0 Å². The second kappa shape index (κ2) is 22.8. The molecule has 56 heavy (non-hydrogen) atoms. The molecule has 0 unspecified atom stereocenters. The molecule has 5 N–H and O–H groups in total. The van der Waals surface area contributed by atoms with Crippen LogP contribution in [0.4, 0.5) is 20.1 Å². The zero-order valence-electron chi connectivity index (χ0n) is 33.7. The third-order valence-corrected chi connectivity index (χ3v) is 8.73. The number of ether oxygens (including phenoxy) is 2. The van der Waals surface area contributed by atoms with Gasteiger partial charge in [-0.25, -0.2) is 14.4 Å². The van der Waals surface area contributed by atoms with Gasteiger partial charge in [0.1, 0.15) is 12.2 Å². The van der Waals surface area contributed by atoms with E-state index < -0.39 is 41.7 Å². The number of imide groups is 1. The number of carbonyl (C=O) groups excluding carboxylic acids is 8. The van der Waals surface area contributed by atoms with Crippen LogP contribution in [0.5, 0.6) is 0 Å². The quantitative estimate of drug-likeness (QED) is 0.0985. The molecule has 17 heteroatoms. The average molecular weight is 786 g/mol. The number of ketones is 1. The Bertz CT molecular complexity index is 1550. The highest BCUT2D eigenvalue weighted by Crippen LogP contribution is 2.20. The number of unbranched alkanes of at least 4 members (excludes halogenated alkanes) is 2. The molecule has 1 aromatic carbocycles. The third kappa shape index (κ3) is 17.3. The third-order valence-electron chi connectivity index (χ3n) is 8.73. The second-order valence-electron chi connectivity index (χ2n) is 15.1. The molecule has 0 aromatic heterocycles. The minimum absolute atomic E-state index is 0.0378. The number of rotatable bonds is 22. The van der Waals surface area contributed by atoms with Crippen molar-refractivity contribution < 1.29 is 47.8 Å². The molecule has 2 atom stereocenters. The summed E-state index contributed by atoms with van der Waals surface area (Å²) in [6, 6.07) is 5.11. The van der Waals surface area contributed by atoms with E-state index in [-0.39, 0.29) is 81.5 Å². The summed E-state index contributed by atoms with van der Waals surface area (Å²) in [5.41, 5.74) is 5.64. The molecule has 0 saturated carbocycles. The van der Waals surface area contributed by atoms with Crippen LogP contribution < -0.4 is 21.7 Å². The molecule has 1 aliphatic heterocycles. The number of nitrogens with two attached hydrogens (primary N) is 1. The maximum Gasteiger partial charge on any atom is 0.410 e. The number of Topliss-reactive ketones (excluding diaryl/α,β-unsaturated/α-hetero) is 1. The average Bonchev–Trinajstić information content (AvgIpc) is 3.44. The number of amides is 8. The molecule has 0 bridgehead atoms. The Labute approximate surface area is 329 Å². The summed E-state index contributed by atoms with van der Waals surface area (Å²) < 4.78 is 10.7. The van der Waals surface area contributed by atoms with Gasteiger partial charge in [0, 0.05) is 76.9 Å². The van der Waals surface area contributed by atoms with E-state index in [1.165, 1.54) is 22.0 Å². The number of nitrogens with one attached hydrogen (secondary N) is 3. The maximum absolute atomic E-state index is 13.6. The molecule has 1 heterocycles. The first-order valence-electron chi connectivity index (χ1n) is 18.9. The van der Waals surface area contributed by atoms with Crippen LogP contribution in [-0.2, 0) is 40.1 Å². The molecular weight excluding hydrogens is 726 g/mol. The Morgan fingerprint density at radius 3 is 2.04 bits per heavy atom. The van der Waals surface area contributed by atoms with E-state index in [2.05, 4.69) is 16.0 Å². The standard InChI is InChI=1S/C39H59N7O10/c1-26(2)34(43-31(48)13-9-8-10-21-46-32(49)18-19-33(46)50)30(47)24-28(12-11-20-41-36(40)52)35(51)42-29-16-14-27(15-17-29)25-55-37(53)44(6)22-23-45(7)38(54)56-39(3,4)5/h14-19,26,28,34H,8-13,20-25H2,1-7H3,(H,42,51)(H,43,48)(H3,40,41,52)/t28-,34+/m1/s1. The number of urea groups is 1. The number of anilines is 1. The topological polar surface area (TPSA) is 227 Å². The van der Waals surface area contributed by atoms with Crippen LogP contribution in [0.2, 0.25) is 0 Å². The summed E-state index contributed by atoms with van der Waals surface area (Å²) in [6.07, 6.45) is 3.64. The van der Waals surface area contributed by atoms with Crippen molar-refractivity contribution in [2.24, 2.45) is 17.6 Å². The fourth-order valence-electron chi connectivity index (χ4n) is 5.51. The van der Waals surface area contributed by atoms with Crippen LogP contribution in [-0.4, -0.2) is 114 Å². The second-order valence-corrected chi connectivity index (χ2v) is 15.1. The molecule has 0 radical (unpaired) electrons. The normalized spacial score (nSPS) is 13.5. The smallest absolute Gasteiger partial charge is 0.410 e. The summed E-state index contributed by atoms with van der Waals surface area (Å²) >= 11 is 0. The Balaban J connectivity index is 1.92. The lowest BCUT2D eigenvalue weighted by atomic mass is 9.89. The lowest BCUT2D eigenvalue weighted by Crippen LogP contribution is -2.45. The predicted molar refractivity (Wildman–Crippen MR) is 208 cm³/mol. The van der Waals surface area contributed by atoms with Gasteiger partial charge in [-0.05, 0) is 70.1 Å². The number of hydrogen-bond donors (Lipinski definition) is 4. The summed E-state index contributed by atoms with van der Waals surface area (Å²) in [7, 11) is 3.13. The Morgan fingerprint density at radius 2 is 1.46 bits per heavy atom. The van der Waals surface area contributed by atoms with Gasteiger partial charge in [-0.3, -0.25) is 28.9 Å². The summed E-state index contributed by atoms with van der Waals surface area (Å²) in [5.74, 6) is -2.79. The highest BCUT2D eigenvalue weighted by Gasteiger charge is 2.30. The van der Waals surface area contributed by atoms with E-state index >= 15 is 0 Å². The molecule has 0 fully saturated rings. The van der Waals surface area contributed by atoms with Gasteiger partial charge in [0.25, 0.3) is 11.8 Å². The van der Waals surface area contributed by atoms with Gasteiger partial charge in [-0.1, -0.05) is 32.4 Å². The van der Waals surface area contributed by atoms with Gasteiger partial charge in [0.2, 0.25) is 11.8 Å². The van der Waals surface area contributed by atoms with Crippen molar-refractivity contribution in [3.05, 3.63) is 42.0 Å². The largest absolute Gasteiger partial charge is 0.445 e. The van der Waals surface area contributed by atoms with Crippen LogP contribution in [0, 0.1) is 11.8 Å². The minimum Gasteiger partial charge on any atom is -0.445 e. The zero-order valence-corrected chi connectivity index (χ0v) is 33.7. The first-order valence-corrected chi connectivity index (χ1v) is 18.9. The molecule has 8 amide bonds. The summed E-state index contributed by atoms with van der Waals surface area (Å²) in [4.78, 5) is 103. The first-order chi connectivity index (χ1) is 26.3. The molecular formula is C39H59N7O10. The predicted octanol–water partition coefficient (Wildman–Crippen LogP) is 3.71. The number of nitrogens with zero attached hydrogens (tertiary/aromatic N) is 3. The van der Waals surface area contributed by atoms with E-state index in [9.17, 15) is 38.4 Å². The van der Waals surface area contributed by atoms with Crippen molar-refractivity contribution in [2.45, 2.75) is 97.8 Å². The molecule has 2 rings (SSSR count). The van der Waals surface area contributed by atoms with E-state index in [1.54, 1.807) is 73.0 Å². The van der Waals surface area contributed by atoms with Crippen molar-refractivity contribution in [1.82, 2.24) is 25.3 Å². The molecule has 0 saturated heterocycles. The Kier molecular flexibility index (Phi) is 19.0. The van der Waals surface area contributed by atoms with E-state index in [1.807, 2.05) is 0 Å². The van der Waals surface area contributed by atoms with Gasteiger partial charge >= 0.3 is 18.2 Å². The zero-order chi connectivity index (χ0) is 42.0. The van der Waals surface area contributed by atoms with Crippen LogP contribution in [0.3, 0.4) is 0 Å². The number of likely N-dealkylation sites (N-methyl/N-ethyl adjacent to an activating group) is 2. The SMILES string of the molecule is CC(C)[C@H](NC(=O)CCCCCN1C(=O)C=CC1=O)C(=O)C[C@@H](CCCNC(N)=O)C(=O)Nc1ccc(COC(=O)N(C)CCN(C)C(=O)OC(C)(C)C)cc1. The fourth-order valence-corrected chi connectivity index (χ4v) is 5.51. The Morgan fingerprint density at radius 1 is 0.857 bits per heavy atom. The first kappa shape index (κ1) is 46.7. The summed E-state index contributed by atoms with van der Waals surface area (Å²) in [6.45, 7) is 9.81. The lowest BCUT2D eigenvalue weighted by molar-refractivity contribution is -0.137. The Hall–Kier alpha value is -5.48. The molecule has 17 nitrogen and oxygen atoms in total. The molecule has 0 aliphatic carbocycles. The van der Waals surface area contributed by atoms with Crippen LogP contribution >= 0.6 is 0 Å². The number of benzene rings is 1. The van der Waals surface area contributed by atoms with E-state index in [4.69, 9.17) is 15.2 Å². The highest BCUT2D eigenvalue weighted by molar-refractivity contribution is 6.12. The van der Waals surface area contributed by atoms with Crippen LogP contribution in [0.25, 0.3) is 0 Å². The maximum atomic E-state index is 13.6. The molecule has 310 valence electrons. The van der Waals surface area contributed by atoms with Gasteiger partial charge in [0.05, 0.1) is 6.04 Å². The van der Waals surface area contributed by atoms with Crippen molar-refractivity contribution in [2.75, 3.05) is 45.6 Å². The van der Waals surface area contributed by atoms with Crippen LogP contribution in [0.15, 0.2) is 36.4 Å². The molecule has 1 aliphatic rings. The number of carbonyl (C=O) groups is 8. The van der Waals surface area contributed by atoms with E-state index in [0.29, 0.717) is 36.9 Å². The van der Waals surface area contributed by atoms with Gasteiger partial charge in [-0.2, -0.15) is 0 Å². The fraction of sp³-hybridized carbons (Fsp3) is 0.590. The summed E-state index contributed by atoms with van der Waals surface area (Å²) in [5, 5.41) is 8.13. The van der Waals surface area contributed by atoms with E-state index in [0.717, 1.165) is 4.90 Å². The highest BCUT2D eigenvalue weighted by atomic mass is 16.6. The lowest BCUT2D eigenvalue weighted by Gasteiger charge is -2.26. The number of primary amides is 1. The van der Waals surface area contributed by atoms with Crippen molar-refractivity contribution in [1.29, 1.82) is 0 Å². The van der Waals surface area contributed by atoms with Crippen LogP contribution in [0.1, 0.15) is 85.1 Å². The monoisotopic (exact) mass is 785 g/mol. The van der Waals surface area contributed by atoms with Gasteiger partial charge < -0.3 is 41.0 Å².